The Morgan fingerprint density at radius 2 is 2.19 bits per heavy atom. The van der Waals surface area contributed by atoms with E-state index in [1.165, 1.54) is 0 Å². The Balaban J connectivity index is 2.60. The van der Waals surface area contributed by atoms with Crippen LogP contribution in [0.1, 0.15) is 19.8 Å². The van der Waals surface area contributed by atoms with E-state index in [2.05, 4.69) is 5.32 Å². The number of hydrogen-bond acceptors (Lipinski definition) is 5. The molecule has 1 heterocycles. The van der Waals surface area contributed by atoms with Gasteiger partial charge < -0.3 is 25.6 Å². The van der Waals surface area contributed by atoms with Crippen molar-refractivity contribution in [3.8, 4) is 0 Å². The lowest BCUT2D eigenvalue weighted by Crippen LogP contribution is -2.44. The molecule has 0 bridgehead atoms. The van der Waals surface area contributed by atoms with Crippen LogP contribution in [0.5, 0.6) is 0 Å². The fourth-order valence-corrected chi connectivity index (χ4v) is 2.23. The van der Waals surface area contributed by atoms with Crippen LogP contribution < -0.4 is 5.32 Å². The van der Waals surface area contributed by atoms with Gasteiger partial charge in [-0.25, -0.2) is 0 Å². The van der Waals surface area contributed by atoms with E-state index in [1.807, 2.05) is 0 Å². The highest BCUT2D eigenvalue weighted by Gasteiger charge is 2.49. The van der Waals surface area contributed by atoms with Gasteiger partial charge in [-0.1, -0.05) is 13.3 Å². The second-order valence-electron chi connectivity index (χ2n) is 4.57. The number of carboxylic acid groups (broad SMARTS) is 1. The van der Waals surface area contributed by atoms with Crippen LogP contribution in [0.25, 0.3) is 0 Å². The summed E-state index contributed by atoms with van der Waals surface area (Å²) in [6, 6.07) is -0.779. The molecule has 1 rings (SSSR count). The number of aliphatic carboxylic acids is 1. The highest BCUT2D eigenvalue weighted by Crippen LogP contribution is 2.36. The van der Waals surface area contributed by atoms with Gasteiger partial charge in [-0.3, -0.25) is 4.79 Å². The Hall–Kier alpha value is -0.625. The van der Waals surface area contributed by atoms with Crippen molar-refractivity contribution < 1.29 is 25.1 Å². The summed E-state index contributed by atoms with van der Waals surface area (Å²) in [6.07, 6.45) is 0.380. The average molecular weight is 231 g/mol. The number of aliphatic hydroxyl groups is 1. The lowest BCUT2D eigenvalue weighted by molar-refractivity contribution is -0.143. The zero-order valence-corrected chi connectivity index (χ0v) is 9.26. The van der Waals surface area contributed by atoms with Gasteiger partial charge in [0.15, 0.2) is 0 Å². The molecule has 1 aliphatic heterocycles. The minimum Gasteiger partial charge on any atom is -0.480 e. The second-order valence-corrected chi connectivity index (χ2v) is 4.57. The Labute approximate surface area is 94.4 Å². The number of hydrogen-bond donors (Lipinski definition) is 5. The Morgan fingerprint density at radius 3 is 2.69 bits per heavy atom. The molecule has 0 aromatic carbocycles. The highest BCUT2D eigenvalue weighted by molar-refractivity contribution is 6.40. The molecule has 0 saturated carbocycles. The summed E-state index contributed by atoms with van der Waals surface area (Å²) in [5.41, 5.74) is -0.749. The summed E-state index contributed by atoms with van der Waals surface area (Å²) in [6.45, 7) is 1.97. The minimum atomic E-state index is -1.38. The molecule has 0 radical (unpaired) electrons. The van der Waals surface area contributed by atoms with Crippen molar-refractivity contribution in [2.75, 3.05) is 6.54 Å². The SMILES string of the molecule is C[C@@]1(CCCB(O)O)[C@H](O)CN[C@@H]1C(=O)O. The average Bonchev–Trinajstić information content (AvgIpc) is 2.43. The summed E-state index contributed by atoms with van der Waals surface area (Å²) < 4.78 is 0. The Kier molecular flexibility index (Phi) is 4.31. The molecule has 1 aliphatic rings. The van der Waals surface area contributed by atoms with Crippen molar-refractivity contribution in [1.29, 1.82) is 0 Å². The predicted molar refractivity (Wildman–Crippen MR) is 57.8 cm³/mol. The molecule has 0 aromatic rings. The summed E-state index contributed by atoms with van der Waals surface area (Å²) in [4.78, 5) is 11.0. The lowest BCUT2D eigenvalue weighted by Gasteiger charge is -2.31. The standard InChI is InChI=1S/C9H18BNO5/c1-9(3-2-4-10(15)16)6(12)5-11-7(9)8(13)14/h6-7,11-12,15-16H,2-5H2,1H3,(H,13,14)/t6-,7-,9-/m1/s1. The minimum absolute atomic E-state index is 0.189. The molecule has 0 amide bonds. The van der Waals surface area contributed by atoms with E-state index in [-0.39, 0.29) is 12.9 Å². The normalized spacial score (nSPS) is 34.0. The van der Waals surface area contributed by atoms with E-state index in [1.54, 1.807) is 6.92 Å². The van der Waals surface area contributed by atoms with Crippen LogP contribution in [0.2, 0.25) is 6.32 Å². The van der Waals surface area contributed by atoms with Gasteiger partial charge in [0, 0.05) is 12.0 Å². The highest BCUT2D eigenvalue weighted by atomic mass is 16.4. The maximum absolute atomic E-state index is 11.0. The van der Waals surface area contributed by atoms with Crippen LogP contribution in [0.15, 0.2) is 0 Å². The van der Waals surface area contributed by atoms with Crippen LogP contribution in [0, 0.1) is 5.41 Å². The van der Waals surface area contributed by atoms with E-state index in [9.17, 15) is 9.90 Å². The number of aliphatic hydroxyl groups excluding tert-OH is 1. The topological polar surface area (TPSA) is 110 Å². The van der Waals surface area contributed by atoms with Gasteiger partial charge in [-0.2, -0.15) is 0 Å². The third-order valence-electron chi connectivity index (χ3n) is 3.36. The first-order chi connectivity index (χ1) is 7.38. The first-order valence-corrected chi connectivity index (χ1v) is 5.38. The van der Waals surface area contributed by atoms with E-state index >= 15 is 0 Å². The van der Waals surface area contributed by atoms with E-state index < -0.39 is 30.6 Å². The van der Waals surface area contributed by atoms with Crippen molar-refractivity contribution in [1.82, 2.24) is 5.32 Å². The monoisotopic (exact) mass is 231 g/mol. The number of carboxylic acids is 1. The van der Waals surface area contributed by atoms with E-state index in [0.29, 0.717) is 12.8 Å². The molecule has 0 aromatic heterocycles. The molecule has 6 nitrogen and oxygen atoms in total. The molecule has 3 atom stereocenters. The van der Waals surface area contributed by atoms with Crippen LogP contribution in [-0.4, -0.2) is 52.0 Å². The molecule has 92 valence electrons. The number of rotatable bonds is 5. The van der Waals surface area contributed by atoms with Gasteiger partial charge in [-0.15, -0.1) is 0 Å². The zero-order chi connectivity index (χ0) is 12.3. The third kappa shape index (κ3) is 2.73. The first-order valence-electron chi connectivity index (χ1n) is 5.38. The molecule has 1 fully saturated rings. The molecule has 0 unspecified atom stereocenters. The van der Waals surface area contributed by atoms with Crippen molar-refractivity contribution in [2.45, 2.75) is 38.2 Å². The molecule has 5 N–H and O–H groups in total. The summed E-state index contributed by atoms with van der Waals surface area (Å²) in [5, 5.41) is 39.0. The first kappa shape index (κ1) is 13.4. The van der Waals surface area contributed by atoms with Crippen molar-refractivity contribution in [3.63, 3.8) is 0 Å². The largest absolute Gasteiger partial charge is 0.480 e. The maximum atomic E-state index is 11.0. The van der Waals surface area contributed by atoms with Crippen molar-refractivity contribution in [2.24, 2.45) is 5.41 Å². The van der Waals surface area contributed by atoms with Crippen molar-refractivity contribution in [3.05, 3.63) is 0 Å². The number of β-amino-alcohol motifs (C(OH)–C–C–N with tert-alkyl or cyclic N) is 1. The van der Waals surface area contributed by atoms with Crippen molar-refractivity contribution >= 4 is 13.1 Å². The molecular weight excluding hydrogens is 213 g/mol. The second kappa shape index (κ2) is 5.14. The van der Waals surface area contributed by atoms with Gasteiger partial charge in [-0.05, 0) is 12.7 Å². The molecular formula is C9H18BNO5. The summed E-state index contributed by atoms with van der Waals surface area (Å²) >= 11 is 0. The summed E-state index contributed by atoms with van der Waals surface area (Å²) in [5.74, 6) is -0.983. The predicted octanol–water partition coefficient (Wildman–Crippen LogP) is -1.34. The van der Waals surface area contributed by atoms with Gasteiger partial charge in [0.2, 0.25) is 0 Å². The fourth-order valence-electron chi connectivity index (χ4n) is 2.23. The maximum Gasteiger partial charge on any atom is 0.451 e. The zero-order valence-electron chi connectivity index (χ0n) is 9.26. The molecule has 0 spiro atoms. The van der Waals surface area contributed by atoms with Crippen LogP contribution in [0.4, 0.5) is 0 Å². The van der Waals surface area contributed by atoms with Crippen LogP contribution >= 0.6 is 0 Å². The lowest BCUT2D eigenvalue weighted by atomic mass is 9.73. The molecule has 7 heteroatoms. The van der Waals surface area contributed by atoms with Gasteiger partial charge in [0.1, 0.15) is 6.04 Å². The number of nitrogens with one attached hydrogen (secondary N) is 1. The van der Waals surface area contributed by atoms with E-state index in [0.717, 1.165) is 0 Å². The molecule has 1 saturated heterocycles. The van der Waals surface area contributed by atoms with Gasteiger partial charge in [0.05, 0.1) is 6.10 Å². The van der Waals surface area contributed by atoms with Crippen LogP contribution in [-0.2, 0) is 4.79 Å². The fraction of sp³-hybridized carbons (Fsp3) is 0.889. The Morgan fingerprint density at radius 1 is 1.56 bits per heavy atom. The molecule has 0 aliphatic carbocycles. The van der Waals surface area contributed by atoms with E-state index in [4.69, 9.17) is 15.2 Å². The third-order valence-corrected chi connectivity index (χ3v) is 3.36. The molecule has 16 heavy (non-hydrogen) atoms. The van der Waals surface area contributed by atoms with Gasteiger partial charge in [0.25, 0.3) is 0 Å². The summed E-state index contributed by atoms with van der Waals surface area (Å²) in [7, 11) is -1.38. The smallest absolute Gasteiger partial charge is 0.451 e. The Bertz CT molecular complexity index is 262. The quantitative estimate of drug-likeness (QED) is 0.375. The van der Waals surface area contributed by atoms with Crippen LogP contribution in [0.3, 0.4) is 0 Å². The number of carbonyl (C=O) groups is 1. The van der Waals surface area contributed by atoms with Gasteiger partial charge >= 0.3 is 13.1 Å².